The number of hydrogen-bond donors (Lipinski definition) is 1. The number of hydroxylamine groups is 1. The Balaban J connectivity index is 1.70. The van der Waals surface area contributed by atoms with E-state index in [1.807, 2.05) is 0 Å². The summed E-state index contributed by atoms with van der Waals surface area (Å²) in [5.41, 5.74) is 2.42. The molecule has 1 aliphatic carbocycles. The third-order valence-corrected chi connectivity index (χ3v) is 3.46. The van der Waals surface area contributed by atoms with Gasteiger partial charge in [-0.1, -0.05) is 18.0 Å². The van der Waals surface area contributed by atoms with Gasteiger partial charge in [-0.3, -0.25) is 9.63 Å². The predicted octanol–water partition coefficient (Wildman–Crippen LogP) is 2.96. The first-order valence-electron chi connectivity index (χ1n) is 6.49. The number of halogens is 1. The summed E-state index contributed by atoms with van der Waals surface area (Å²) in [5.74, 6) is 0.910. The third kappa shape index (κ3) is 4.40. The SMILES string of the molecule is CC(Oc1ccc(Cl)cc1)C(=O)NOCC1CCC1. The van der Waals surface area contributed by atoms with E-state index in [2.05, 4.69) is 5.48 Å². The lowest BCUT2D eigenvalue weighted by atomic mass is 9.86. The maximum Gasteiger partial charge on any atom is 0.284 e. The van der Waals surface area contributed by atoms with Crippen molar-refractivity contribution in [2.45, 2.75) is 32.3 Å². The number of benzene rings is 1. The van der Waals surface area contributed by atoms with Crippen LogP contribution in [0.15, 0.2) is 24.3 Å². The second-order valence-electron chi connectivity index (χ2n) is 4.79. The molecule has 0 radical (unpaired) electrons. The molecule has 1 aromatic carbocycles. The molecule has 1 aliphatic rings. The Morgan fingerprint density at radius 2 is 2.11 bits per heavy atom. The van der Waals surface area contributed by atoms with Gasteiger partial charge in [-0.25, -0.2) is 5.48 Å². The van der Waals surface area contributed by atoms with Crippen molar-refractivity contribution in [2.24, 2.45) is 5.92 Å². The van der Waals surface area contributed by atoms with Gasteiger partial charge in [-0.2, -0.15) is 0 Å². The van der Waals surface area contributed by atoms with E-state index in [0.29, 0.717) is 23.3 Å². The van der Waals surface area contributed by atoms with Crippen molar-refractivity contribution in [1.29, 1.82) is 0 Å². The minimum atomic E-state index is -0.609. The van der Waals surface area contributed by atoms with Crippen molar-refractivity contribution in [3.8, 4) is 5.75 Å². The molecule has 104 valence electrons. The molecule has 0 bridgehead atoms. The highest BCUT2D eigenvalue weighted by Gasteiger charge is 2.19. The van der Waals surface area contributed by atoms with E-state index in [1.54, 1.807) is 31.2 Å². The Bertz CT molecular complexity index is 417. The lowest BCUT2D eigenvalue weighted by molar-refractivity contribution is -0.142. The summed E-state index contributed by atoms with van der Waals surface area (Å²) in [5, 5.41) is 0.633. The topological polar surface area (TPSA) is 47.6 Å². The maximum atomic E-state index is 11.7. The van der Waals surface area contributed by atoms with Gasteiger partial charge in [0.15, 0.2) is 6.10 Å². The zero-order chi connectivity index (χ0) is 13.7. The average molecular weight is 284 g/mol. The summed E-state index contributed by atoms with van der Waals surface area (Å²) in [6.07, 6.45) is 3.03. The van der Waals surface area contributed by atoms with Crippen molar-refractivity contribution >= 4 is 17.5 Å². The highest BCUT2D eigenvalue weighted by Crippen LogP contribution is 2.25. The van der Waals surface area contributed by atoms with Crippen LogP contribution in [0.25, 0.3) is 0 Å². The maximum absolute atomic E-state index is 11.7. The van der Waals surface area contributed by atoms with Crippen molar-refractivity contribution in [1.82, 2.24) is 5.48 Å². The summed E-state index contributed by atoms with van der Waals surface area (Å²) in [7, 11) is 0. The van der Waals surface area contributed by atoms with Gasteiger partial charge in [0.05, 0.1) is 6.61 Å². The zero-order valence-corrected chi connectivity index (χ0v) is 11.7. The molecule has 0 heterocycles. The molecule has 1 atom stereocenters. The molecule has 0 saturated heterocycles. The highest BCUT2D eigenvalue weighted by molar-refractivity contribution is 6.30. The van der Waals surface area contributed by atoms with Crippen LogP contribution < -0.4 is 10.2 Å². The number of hydrogen-bond acceptors (Lipinski definition) is 3. The first-order chi connectivity index (χ1) is 9.15. The minimum Gasteiger partial charge on any atom is -0.481 e. The molecule has 5 heteroatoms. The number of carbonyl (C=O) groups excluding carboxylic acids is 1. The monoisotopic (exact) mass is 283 g/mol. The predicted molar refractivity (Wildman–Crippen MR) is 73.0 cm³/mol. The lowest BCUT2D eigenvalue weighted by Crippen LogP contribution is -2.37. The molecule has 0 aromatic heterocycles. The van der Waals surface area contributed by atoms with Gasteiger partial charge in [-0.15, -0.1) is 0 Å². The van der Waals surface area contributed by atoms with E-state index in [0.717, 1.165) is 0 Å². The van der Waals surface area contributed by atoms with Crippen LogP contribution >= 0.6 is 11.6 Å². The van der Waals surface area contributed by atoms with Gasteiger partial charge < -0.3 is 4.74 Å². The zero-order valence-electron chi connectivity index (χ0n) is 10.9. The minimum absolute atomic E-state index is 0.283. The van der Waals surface area contributed by atoms with Crippen LogP contribution in [0.1, 0.15) is 26.2 Å². The molecule has 1 aromatic rings. The van der Waals surface area contributed by atoms with E-state index in [-0.39, 0.29) is 5.91 Å². The molecule has 4 nitrogen and oxygen atoms in total. The standard InChI is InChI=1S/C14H18ClNO3/c1-10(19-13-7-5-12(15)6-8-13)14(17)16-18-9-11-3-2-4-11/h5-8,10-11H,2-4,9H2,1H3,(H,16,17). The second kappa shape index (κ2) is 6.78. The highest BCUT2D eigenvalue weighted by atomic mass is 35.5. The Kier molecular flexibility index (Phi) is 5.05. The Morgan fingerprint density at radius 3 is 2.68 bits per heavy atom. The van der Waals surface area contributed by atoms with E-state index >= 15 is 0 Å². The van der Waals surface area contributed by atoms with Gasteiger partial charge in [0, 0.05) is 5.02 Å². The van der Waals surface area contributed by atoms with Gasteiger partial charge >= 0.3 is 0 Å². The van der Waals surface area contributed by atoms with Gasteiger partial charge in [0.1, 0.15) is 5.75 Å². The van der Waals surface area contributed by atoms with E-state index in [9.17, 15) is 4.79 Å². The summed E-state index contributed by atoms with van der Waals surface area (Å²) < 4.78 is 5.48. The first kappa shape index (κ1) is 14.2. The Hall–Kier alpha value is -1.26. The quantitative estimate of drug-likeness (QED) is 0.817. The van der Waals surface area contributed by atoms with Crippen LogP contribution in [0.5, 0.6) is 5.75 Å². The number of carbonyl (C=O) groups is 1. The molecule has 1 amide bonds. The van der Waals surface area contributed by atoms with Gasteiger partial charge in [-0.05, 0) is 49.9 Å². The fourth-order valence-corrected chi connectivity index (χ4v) is 1.87. The molecule has 1 N–H and O–H groups in total. The molecule has 2 rings (SSSR count). The molecule has 1 saturated carbocycles. The number of ether oxygens (including phenoxy) is 1. The van der Waals surface area contributed by atoms with Crippen LogP contribution in [0.2, 0.25) is 5.02 Å². The summed E-state index contributed by atoms with van der Waals surface area (Å²) in [6, 6.07) is 6.88. The number of rotatable bonds is 6. The molecular weight excluding hydrogens is 266 g/mol. The van der Waals surface area contributed by atoms with Crippen molar-refractivity contribution in [3.05, 3.63) is 29.3 Å². The lowest BCUT2D eigenvalue weighted by Gasteiger charge is -2.24. The average Bonchev–Trinajstić information content (AvgIpc) is 2.35. The molecule has 1 fully saturated rings. The second-order valence-corrected chi connectivity index (χ2v) is 5.22. The number of nitrogens with one attached hydrogen (secondary N) is 1. The van der Waals surface area contributed by atoms with Gasteiger partial charge in [0.25, 0.3) is 5.91 Å². The van der Waals surface area contributed by atoms with E-state index in [1.165, 1.54) is 19.3 Å². The van der Waals surface area contributed by atoms with Crippen molar-refractivity contribution in [2.75, 3.05) is 6.61 Å². The van der Waals surface area contributed by atoms with Crippen LogP contribution in [0.3, 0.4) is 0 Å². The molecule has 0 aliphatic heterocycles. The van der Waals surface area contributed by atoms with E-state index in [4.69, 9.17) is 21.2 Å². The largest absolute Gasteiger partial charge is 0.481 e. The molecule has 0 spiro atoms. The smallest absolute Gasteiger partial charge is 0.284 e. The van der Waals surface area contributed by atoms with Crippen molar-refractivity contribution < 1.29 is 14.4 Å². The van der Waals surface area contributed by atoms with Crippen LogP contribution in [-0.4, -0.2) is 18.6 Å². The first-order valence-corrected chi connectivity index (χ1v) is 6.87. The molecule has 19 heavy (non-hydrogen) atoms. The van der Waals surface area contributed by atoms with Gasteiger partial charge in [0.2, 0.25) is 0 Å². The number of amides is 1. The fourth-order valence-electron chi connectivity index (χ4n) is 1.74. The molecule has 1 unspecified atom stereocenters. The summed E-state index contributed by atoms with van der Waals surface area (Å²) in [4.78, 5) is 16.9. The normalized spacial score (nSPS) is 16.5. The Labute approximate surface area is 118 Å². The van der Waals surface area contributed by atoms with Crippen LogP contribution in [-0.2, 0) is 9.63 Å². The summed E-state index contributed by atoms with van der Waals surface area (Å²) >= 11 is 5.77. The third-order valence-electron chi connectivity index (χ3n) is 3.21. The van der Waals surface area contributed by atoms with Crippen molar-refractivity contribution in [3.63, 3.8) is 0 Å². The summed E-state index contributed by atoms with van der Waals surface area (Å²) in [6.45, 7) is 2.26. The van der Waals surface area contributed by atoms with Crippen LogP contribution in [0.4, 0.5) is 0 Å². The Morgan fingerprint density at radius 1 is 1.42 bits per heavy atom. The van der Waals surface area contributed by atoms with E-state index < -0.39 is 6.10 Å². The fraction of sp³-hybridized carbons (Fsp3) is 0.500. The van der Waals surface area contributed by atoms with Crippen LogP contribution in [0, 0.1) is 5.92 Å². The molecular formula is C14H18ClNO3.